The van der Waals surface area contributed by atoms with E-state index in [0.29, 0.717) is 0 Å². The average molecular weight is 188 g/mol. The summed E-state index contributed by atoms with van der Waals surface area (Å²) in [6.07, 6.45) is 4.84. The molecule has 14 heavy (non-hydrogen) atoms. The molecule has 0 aliphatic carbocycles. The van der Waals surface area contributed by atoms with E-state index in [9.17, 15) is 4.79 Å². The van der Waals surface area contributed by atoms with Crippen molar-refractivity contribution in [1.82, 2.24) is 0 Å². The number of hydrogen-bond donors (Lipinski definition) is 0. The Balaban J connectivity index is 2.35. The molecule has 1 aromatic rings. The quantitative estimate of drug-likeness (QED) is 0.535. The monoisotopic (exact) mass is 188 g/mol. The van der Waals surface area contributed by atoms with Crippen molar-refractivity contribution in [2.24, 2.45) is 0 Å². The largest absolute Gasteiger partial charge is 0.458 e. The first-order valence-corrected chi connectivity index (χ1v) is 4.33. The molecule has 0 saturated carbocycles. The lowest BCUT2D eigenvalue weighted by atomic mass is 10.2. The van der Waals surface area contributed by atoms with E-state index in [4.69, 9.17) is 4.74 Å². The minimum absolute atomic E-state index is 0.278. The van der Waals surface area contributed by atoms with Crippen molar-refractivity contribution in [3.8, 4) is 0 Å². The highest BCUT2D eigenvalue weighted by Gasteiger charge is 1.90. The van der Waals surface area contributed by atoms with Gasteiger partial charge in [0.1, 0.15) is 6.61 Å². The second-order valence-electron chi connectivity index (χ2n) is 2.65. The molecule has 0 bridgehead atoms. The van der Waals surface area contributed by atoms with E-state index in [1.165, 1.54) is 0 Å². The Morgan fingerprint density at radius 3 is 2.71 bits per heavy atom. The van der Waals surface area contributed by atoms with Gasteiger partial charge in [0.05, 0.1) is 0 Å². The highest BCUT2D eigenvalue weighted by Crippen LogP contribution is 2.00. The Morgan fingerprint density at radius 1 is 1.36 bits per heavy atom. The van der Waals surface area contributed by atoms with Crippen LogP contribution in [0, 0.1) is 0 Å². The number of rotatable bonds is 4. The zero-order chi connectivity index (χ0) is 10.2. The van der Waals surface area contributed by atoms with E-state index in [-0.39, 0.29) is 6.61 Å². The minimum atomic E-state index is -0.400. The van der Waals surface area contributed by atoms with Crippen molar-refractivity contribution in [2.75, 3.05) is 6.61 Å². The molecule has 0 N–H and O–H groups in total. The van der Waals surface area contributed by atoms with Crippen LogP contribution in [0.3, 0.4) is 0 Å². The van der Waals surface area contributed by atoms with E-state index < -0.39 is 5.97 Å². The predicted molar refractivity (Wildman–Crippen MR) is 56.6 cm³/mol. The van der Waals surface area contributed by atoms with Crippen LogP contribution in [0.25, 0.3) is 6.08 Å². The summed E-state index contributed by atoms with van der Waals surface area (Å²) in [5.74, 6) is -0.400. The van der Waals surface area contributed by atoms with Crippen LogP contribution in [-0.4, -0.2) is 12.6 Å². The fourth-order valence-corrected chi connectivity index (χ4v) is 0.938. The van der Waals surface area contributed by atoms with Gasteiger partial charge in [-0.1, -0.05) is 43.0 Å². The van der Waals surface area contributed by atoms with E-state index in [0.717, 1.165) is 11.6 Å². The van der Waals surface area contributed by atoms with Gasteiger partial charge < -0.3 is 4.74 Å². The van der Waals surface area contributed by atoms with Crippen molar-refractivity contribution in [1.29, 1.82) is 0 Å². The highest BCUT2D eigenvalue weighted by atomic mass is 16.5. The standard InChI is InChI=1S/C12H12O2/c1-2-12(13)14-10-6-9-11-7-4-3-5-8-11/h2-9H,1,10H2/b9-6+. The fourth-order valence-electron chi connectivity index (χ4n) is 0.938. The first-order chi connectivity index (χ1) is 6.83. The number of carbonyl (C=O) groups excluding carboxylic acids is 1. The maximum atomic E-state index is 10.6. The van der Waals surface area contributed by atoms with Gasteiger partial charge in [0, 0.05) is 6.08 Å². The van der Waals surface area contributed by atoms with Gasteiger partial charge in [-0.3, -0.25) is 0 Å². The van der Waals surface area contributed by atoms with Gasteiger partial charge in [0.2, 0.25) is 0 Å². The van der Waals surface area contributed by atoms with E-state index in [1.54, 1.807) is 6.08 Å². The predicted octanol–water partition coefficient (Wildman–Crippen LogP) is 2.43. The number of esters is 1. The molecule has 72 valence electrons. The SMILES string of the molecule is C=CC(=O)OC/C=C/c1ccccc1. The molecule has 2 nitrogen and oxygen atoms in total. The molecular weight excluding hydrogens is 176 g/mol. The number of ether oxygens (including phenoxy) is 1. The van der Waals surface area contributed by atoms with Gasteiger partial charge in [0.15, 0.2) is 0 Å². The van der Waals surface area contributed by atoms with Crippen molar-refractivity contribution in [3.05, 3.63) is 54.6 Å². The molecule has 1 rings (SSSR count). The normalized spacial score (nSPS) is 10.0. The van der Waals surface area contributed by atoms with Crippen LogP contribution in [-0.2, 0) is 9.53 Å². The third-order valence-electron chi connectivity index (χ3n) is 1.60. The maximum Gasteiger partial charge on any atom is 0.330 e. The first-order valence-electron chi connectivity index (χ1n) is 4.33. The zero-order valence-electron chi connectivity index (χ0n) is 7.85. The van der Waals surface area contributed by atoms with Gasteiger partial charge in [-0.05, 0) is 11.6 Å². The summed E-state index contributed by atoms with van der Waals surface area (Å²) in [5, 5.41) is 0. The van der Waals surface area contributed by atoms with Crippen LogP contribution in [0.2, 0.25) is 0 Å². The molecule has 0 unspecified atom stereocenters. The zero-order valence-corrected chi connectivity index (χ0v) is 7.85. The molecule has 0 saturated heterocycles. The van der Waals surface area contributed by atoms with Crippen LogP contribution in [0.5, 0.6) is 0 Å². The molecule has 0 atom stereocenters. The lowest BCUT2D eigenvalue weighted by Gasteiger charge is -1.95. The molecule has 0 radical (unpaired) electrons. The maximum absolute atomic E-state index is 10.6. The topological polar surface area (TPSA) is 26.3 Å². The molecule has 0 aliphatic heterocycles. The van der Waals surface area contributed by atoms with Crippen molar-refractivity contribution in [2.45, 2.75) is 0 Å². The van der Waals surface area contributed by atoms with Crippen molar-refractivity contribution >= 4 is 12.0 Å². The molecule has 2 heteroatoms. The first kappa shape index (κ1) is 10.3. The fraction of sp³-hybridized carbons (Fsp3) is 0.0833. The Morgan fingerprint density at radius 2 is 2.07 bits per heavy atom. The molecule has 1 aromatic carbocycles. The lowest BCUT2D eigenvalue weighted by molar-refractivity contribution is -0.136. The van der Waals surface area contributed by atoms with Crippen LogP contribution in [0.1, 0.15) is 5.56 Å². The summed E-state index contributed by atoms with van der Waals surface area (Å²) < 4.78 is 4.77. The second-order valence-corrected chi connectivity index (χ2v) is 2.65. The molecule has 0 amide bonds. The summed E-state index contributed by atoms with van der Waals surface area (Å²) in [5.41, 5.74) is 1.09. The molecule has 0 heterocycles. The summed E-state index contributed by atoms with van der Waals surface area (Å²) in [6.45, 7) is 3.58. The van der Waals surface area contributed by atoms with Gasteiger partial charge in [-0.25, -0.2) is 4.79 Å². The minimum Gasteiger partial charge on any atom is -0.458 e. The summed E-state index contributed by atoms with van der Waals surface area (Å²) >= 11 is 0. The highest BCUT2D eigenvalue weighted by molar-refractivity contribution is 5.81. The third-order valence-corrected chi connectivity index (χ3v) is 1.60. The summed E-state index contributed by atoms with van der Waals surface area (Å²) in [6, 6.07) is 9.82. The van der Waals surface area contributed by atoms with Crippen molar-refractivity contribution < 1.29 is 9.53 Å². The smallest absolute Gasteiger partial charge is 0.330 e. The van der Waals surface area contributed by atoms with Crippen LogP contribution in [0.4, 0.5) is 0 Å². The van der Waals surface area contributed by atoms with Gasteiger partial charge in [-0.15, -0.1) is 0 Å². The third kappa shape index (κ3) is 3.72. The summed E-state index contributed by atoms with van der Waals surface area (Å²) in [4.78, 5) is 10.6. The number of hydrogen-bond acceptors (Lipinski definition) is 2. The van der Waals surface area contributed by atoms with Crippen LogP contribution in [0.15, 0.2) is 49.1 Å². The Hall–Kier alpha value is -1.83. The van der Waals surface area contributed by atoms with E-state index in [1.807, 2.05) is 36.4 Å². The molecular formula is C12H12O2. The number of benzene rings is 1. The summed E-state index contributed by atoms with van der Waals surface area (Å²) in [7, 11) is 0. The van der Waals surface area contributed by atoms with E-state index in [2.05, 4.69) is 6.58 Å². The second kappa shape index (κ2) is 5.75. The van der Waals surface area contributed by atoms with Gasteiger partial charge in [0.25, 0.3) is 0 Å². The van der Waals surface area contributed by atoms with Crippen molar-refractivity contribution in [3.63, 3.8) is 0 Å². The average Bonchev–Trinajstić information content (AvgIpc) is 2.25. The van der Waals surface area contributed by atoms with Crippen LogP contribution >= 0.6 is 0 Å². The lowest BCUT2D eigenvalue weighted by Crippen LogP contribution is -1.98. The van der Waals surface area contributed by atoms with Crippen LogP contribution < -0.4 is 0 Å². The Kier molecular flexibility index (Phi) is 4.21. The Bertz CT molecular complexity index is 325. The van der Waals surface area contributed by atoms with E-state index >= 15 is 0 Å². The number of carbonyl (C=O) groups is 1. The Labute approximate surface area is 83.5 Å². The molecule has 0 aliphatic rings. The molecule has 0 spiro atoms. The molecule has 0 aromatic heterocycles. The van der Waals surface area contributed by atoms with Gasteiger partial charge >= 0.3 is 5.97 Å². The van der Waals surface area contributed by atoms with Gasteiger partial charge in [-0.2, -0.15) is 0 Å². The molecule has 0 fully saturated rings.